The lowest BCUT2D eigenvalue weighted by molar-refractivity contribution is 0.0132. The molecule has 8 heteroatoms. The maximum Gasteiger partial charge on any atom is 0.191 e. The van der Waals surface area contributed by atoms with E-state index in [0.29, 0.717) is 37.4 Å². The van der Waals surface area contributed by atoms with Crippen molar-refractivity contribution >= 4 is 11.6 Å². The van der Waals surface area contributed by atoms with Crippen LogP contribution in [0.4, 0.5) is 10.1 Å². The molecule has 2 aliphatic rings. The standard InChI is InChI=1S/C23H38FN5O2/c1-18(2)14-20(28-6-10-30-11-7-28)17-27-23(25-3)26-16-19-4-5-22(21(24)15-19)29-8-12-31-13-9-29/h4-5,15,18,20H,6-14,16-17H2,1-3H3,(H2,25,26,27). The molecule has 1 unspecified atom stereocenters. The molecule has 174 valence electrons. The highest BCUT2D eigenvalue weighted by atomic mass is 19.1. The van der Waals surface area contributed by atoms with Crippen LogP contribution in [0.2, 0.25) is 0 Å². The molecule has 0 aliphatic carbocycles. The summed E-state index contributed by atoms with van der Waals surface area (Å²) in [6.07, 6.45) is 1.12. The monoisotopic (exact) mass is 435 g/mol. The molecule has 31 heavy (non-hydrogen) atoms. The fourth-order valence-electron chi connectivity index (χ4n) is 4.19. The van der Waals surface area contributed by atoms with E-state index in [2.05, 4.69) is 34.4 Å². The van der Waals surface area contributed by atoms with Crippen molar-refractivity contribution < 1.29 is 13.9 Å². The van der Waals surface area contributed by atoms with E-state index in [0.717, 1.165) is 63.9 Å². The van der Waals surface area contributed by atoms with Crippen molar-refractivity contribution in [3.8, 4) is 0 Å². The topological polar surface area (TPSA) is 61.4 Å². The van der Waals surface area contributed by atoms with E-state index in [4.69, 9.17) is 9.47 Å². The molecule has 3 rings (SSSR count). The maximum absolute atomic E-state index is 14.7. The number of nitrogens with one attached hydrogen (secondary N) is 2. The van der Waals surface area contributed by atoms with Gasteiger partial charge in [0, 0.05) is 52.4 Å². The summed E-state index contributed by atoms with van der Waals surface area (Å²) >= 11 is 0. The average molecular weight is 436 g/mol. The van der Waals surface area contributed by atoms with E-state index in [1.54, 1.807) is 13.1 Å². The highest BCUT2D eigenvalue weighted by Crippen LogP contribution is 2.21. The summed E-state index contributed by atoms with van der Waals surface area (Å²) < 4.78 is 25.5. The molecule has 1 atom stereocenters. The Hall–Kier alpha value is -1.90. The number of nitrogens with zero attached hydrogens (tertiary/aromatic N) is 3. The molecule has 1 aromatic carbocycles. The molecule has 2 saturated heterocycles. The summed E-state index contributed by atoms with van der Waals surface area (Å²) in [6, 6.07) is 5.89. The maximum atomic E-state index is 14.7. The van der Waals surface area contributed by atoms with Crippen molar-refractivity contribution in [1.29, 1.82) is 0 Å². The van der Waals surface area contributed by atoms with Crippen LogP contribution in [-0.2, 0) is 16.0 Å². The van der Waals surface area contributed by atoms with Crippen LogP contribution < -0.4 is 15.5 Å². The number of aliphatic imine (C=N–C) groups is 1. The quantitative estimate of drug-likeness (QED) is 0.482. The molecule has 2 heterocycles. The van der Waals surface area contributed by atoms with Gasteiger partial charge in [0.05, 0.1) is 32.1 Å². The summed E-state index contributed by atoms with van der Waals surface area (Å²) in [5.41, 5.74) is 1.54. The van der Waals surface area contributed by atoms with Crippen molar-refractivity contribution in [2.75, 3.05) is 71.1 Å². The Labute approximate surface area is 186 Å². The van der Waals surface area contributed by atoms with Gasteiger partial charge in [0.2, 0.25) is 0 Å². The first-order valence-electron chi connectivity index (χ1n) is 11.4. The fraction of sp³-hybridized carbons (Fsp3) is 0.696. The van der Waals surface area contributed by atoms with Gasteiger partial charge in [-0.1, -0.05) is 19.9 Å². The summed E-state index contributed by atoms with van der Waals surface area (Å²) in [5.74, 6) is 1.17. The average Bonchev–Trinajstić information content (AvgIpc) is 2.79. The number of hydrogen-bond donors (Lipinski definition) is 2. The predicted octanol–water partition coefficient (Wildman–Crippen LogP) is 2.07. The van der Waals surface area contributed by atoms with Crippen LogP contribution in [-0.4, -0.2) is 83.1 Å². The van der Waals surface area contributed by atoms with Crippen molar-refractivity contribution in [2.45, 2.75) is 32.9 Å². The fourth-order valence-corrected chi connectivity index (χ4v) is 4.19. The molecule has 2 N–H and O–H groups in total. The van der Waals surface area contributed by atoms with Crippen molar-refractivity contribution in [3.05, 3.63) is 29.6 Å². The molecule has 0 radical (unpaired) electrons. The lowest BCUT2D eigenvalue weighted by Gasteiger charge is -2.35. The van der Waals surface area contributed by atoms with Gasteiger partial charge in [-0.3, -0.25) is 9.89 Å². The molecule has 0 saturated carbocycles. The van der Waals surface area contributed by atoms with Gasteiger partial charge in [0.1, 0.15) is 5.82 Å². The Morgan fingerprint density at radius 1 is 1.06 bits per heavy atom. The highest BCUT2D eigenvalue weighted by Gasteiger charge is 2.22. The first-order valence-corrected chi connectivity index (χ1v) is 11.4. The molecule has 0 bridgehead atoms. The van der Waals surface area contributed by atoms with Crippen molar-refractivity contribution in [1.82, 2.24) is 15.5 Å². The third-order valence-electron chi connectivity index (χ3n) is 5.86. The summed E-state index contributed by atoms with van der Waals surface area (Å²) in [6.45, 7) is 12.2. The van der Waals surface area contributed by atoms with Crippen LogP contribution in [0, 0.1) is 11.7 Å². The first-order chi connectivity index (χ1) is 15.1. The highest BCUT2D eigenvalue weighted by molar-refractivity contribution is 5.79. The van der Waals surface area contributed by atoms with Gasteiger partial charge >= 0.3 is 0 Å². The number of benzene rings is 1. The van der Waals surface area contributed by atoms with Crippen LogP contribution in [0.25, 0.3) is 0 Å². The number of hydrogen-bond acceptors (Lipinski definition) is 5. The number of ether oxygens (including phenoxy) is 2. The van der Waals surface area contributed by atoms with E-state index in [9.17, 15) is 4.39 Å². The van der Waals surface area contributed by atoms with Gasteiger partial charge < -0.3 is 25.0 Å². The summed E-state index contributed by atoms with van der Waals surface area (Å²) in [7, 11) is 1.77. The van der Waals surface area contributed by atoms with Gasteiger partial charge in [-0.25, -0.2) is 4.39 Å². The number of rotatable bonds is 8. The second kappa shape index (κ2) is 12.2. The minimum absolute atomic E-state index is 0.187. The van der Waals surface area contributed by atoms with Crippen LogP contribution in [0.5, 0.6) is 0 Å². The molecule has 0 spiro atoms. The number of anilines is 1. The second-order valence-corrected chi connectivity index (χ2v) is 8.62. The number of guanidine groups is 1. The largest absolute Gasteiger partial charge is 0.379 e. The molecule has 2 aliphatic heterocycles. The summed E-state index contributed by atoms with van der Waals surface area (Å²) in [5, 5.41) is 6.78. The van der Waals surface area contributed by atoms with Gasteiger partial charge in [-0.2, -0.15) is 0 Å². The Morgan fingerprint density at radius 3 is 2.35 bits per heavy atom. The molecule has 0 aromatic heterocycles. The number of morpholine rings is 2. The van der Waals surface area contributed by atoms with E-state index in [1.165, 1.54) is 0 Å². The van der Waals surface area contributed by atoms with Gasteiger partial charge in [-0.15, -0.1) is 0 Å². The van der Waals surface area contributed by atoms with E-state index < -0.39 is 0 Å². The zero-order valence-corrected chi connectivity index (χ0v) is 19.2. The normalized spacial score (nSPS) is 19.5. The molecule has 7 nitrogen and oxygen atoms in total. The Kier molecular flexibility index (Phi) is 9.36. The predicted molar refractivity (Wildman–Crippen MR) is 123 cm³/mol. The van der Waals surface area contributed by atoms with Crippen LogP contribution in [0.3, 0.4) is 0 Å². The molecule has 1 aromatic rings. The van der Waals surface area contributed by atoms with E-state index >= 15 is 0 Å². The smallest absolute Gasteiger partial charge is 0.191 e. The molecule has 0 amide bonds. The zero-order valence-electron chi connectivity index (χ0n) is 19.2. The summed E-state index contributed by atoms with van der Waals surface area (Å²) in [4.78, 5) is 8.89. The van der Waals surface area contributed by atoms with Gasteiger partial charge in [0.25, 0.3) is 0 Å². The molecular formula is C23H38FN5O2. The van der Waals surface area contributed by atoms with E-state index in [1.807, 2.05) is 17.0 Å². The second-order valence-electron chi connectivity index (χ2n) is 8.62. The van der Waals surface area contributed by atoms with Crippen LogP contribution in [0.1, 0.15) is 25.8 Å². The van der Waals surface area contributed by atoms with Crippen molar-refractivity contribution in [3.63, 3.8) is 0 Å². The Bertz CT molecular complexity index is 703. The Morgan fingerprint density at radius 2 is 1.74 bits per heavy atom. The lowest BCUT2D eigenvalue weighted by atomic mass is 10.0. The first kappa shape index (κ1) is 23.8. The minimum Gasteiger partial charge on any atom is -0.379 e. The van der Waals surface area contributed by atoms with E-state index in [-0.39, 0.29) is 5.82 Å². The van der Waals surface area contributed by atoms with Gasteiger partial charge in [0.15, 0.2) is 5.96 Å². The zero-order chi connectivity index (χ0) is 22.1. The minimum atomic E-state index is -0.187. The molecular weight excluding hydrogens is 397 g/mol. The lowest BCUT2D eigenvalue weighted by Crippen LogP contribution is -2.50. The van der Waals surface area contributed by atoms with Crippen LogP contribution >= 0.6 is 0 Å². The van der Waals surface area contributed by atoms with Crippen LogP contribution in [0.15, 0.2) is 23.2 Å². The molecule has 2 fully saturated rings. The van der Waals surface area contributed by atoms with Gasteiger partial charge in [-0.05, 0) is 30.0 Å². The SMILES string of the molecule is CN=C(NCc1ccc(N2CCOCC2)c(F)c1)NCC(CC(C)C)N1CCOCC1. The van der Waals surface area contributed by atoms with Crippen molar-refractivity contribution in [2.24, 2.45) is 10.9 Å². The Balaban J connectivity index is 1.51. The number of halogens is 1. The third-order valence-corrected chi connectivity index (χ3v) is 5.86. The third kappa shape index (κ3) is 7.33.